The van der Waals surface area contributed by atoms with Gasteiger partial charge in [-0.1, -0.05) is 32.6 Å². The minimum absolute atomic E-state index is 0.0397. The van der Waals surface area contributed by atoms with Crippen molar-refractivity contribution in [3.05, 3.63) is 52.6 Å². The Labute approximate surface area is 172 Å². The molecule has 0 radical (unpaired) electrons. The third-order valence-electron chi connectivity index (χ3n) is 5.35. The summed E-state index contributed by atoms with van der Waals surface area (Å²) in [5.74, 6) is 2.98. The molecule has 1 aliphatic carbocycles. The van der Waals surface area contributed by atoms with E-state index in [2.05, 4.69) is 27.5 Å². The molecule has 1 fully saturated rings. The van der Waals surface area contributed by atoms with Crippen LogP contribution < -0.4 is 16.2 Å². The first kappa shape index (κ1) is 20.8. The number of nitrogens with zero attached hydrogens (tertiary/aromatic N) is 3. The molecule has 0 amide bonds. The highest BCUT2D eigenvalue weighted by atomic mass is 16.1. The van der Waals surface area contributed by atoms with Crippen molar-refractivity contribution in [3.63, 3.8) is 0 Å². The predicted molar refractivity (Wildman–Crippen MR) is 121 cm³/mol. The molecular weight excluding hydrogens is 362 g/mol. The maximum Gasteiger partial charge on any atom is 0.262 e. The van der Waals surface area contributed by atoms with Crippen LogP contribution in [0.4, 0.5) is 17.5 Å². The van der Waals surface area contributed by atoms with E-state index in [9.17, 15) is 4.79 Å². The summed E-state index contributed by atoms with van der Waals surface area (Å²) < 4.78 is 1.67. The zero-order chi connectivity index (χ0) is 20.8. The number of fused-ring (bicyclic) bond motifs is 1. The van der Waals surface area contributed by atoms with Crippen molar-refractivity contribution in [1.29, 1.82) is 0 Å². The van der Waals surface area contributed by atoms with Gasteiger partial charge in [-0.15, -0.1) is 0 Å². The van der Waals surface area contributed by atoms with Crippen LogP contribution in [0.1, 0.15) is 45.1 Å². The van der Waals surface area contributed by atoms with Crippen molar-refractivity contribution in [2.45, 2.75) is 53.0 Å². The van der Waals surface area contributed by atoms with E-state index in [1.165, 1.54) is 25.7 Å². The second kappa shape index (κ2) is 9.54. The van der Waals surface area contributed by atoms with E-state index in [-0.39, 0.29) is 5.56 Å². The fraction of sp³-hybridized carbons (Fsp3) is 0.435. The highest BCUT2D eigenvalue weighted by molar-refractivity contribution is 5.93. The minimum atomic E-state index is -0.0397. The summed E-state index contributed by atoms with van der Waals surface area (Å²) in [6.45, 7) is 6.92. The van der Waals surface area contributed by atoms with Crippen molar-refractivity contribution in [3.8, 4) is 0 Å². The van der Waals surface area contributed by atoms with E-state index in [1.807, 2.05) is 38.1 Å². The van der Waals surface area contributed by atoms with Gasteiger partial charge in [-0.25, -0.2) is 9.97 Å². The van der Waals surface area contributed by atoms with Gasteiger partial charge in [0.15, 0.2) is 0 Å². The van der Waals surface area contributed by atoms with E-state index >= 15 is 0 Å². The predicted octanol–water partition coefficient (Wildman–Crippen LogP) is 5.10. The number of anilines is 3. The monoisotopic (exact) mass is 393 g/mol. The van der Waals surface area contributed by atoms with Crippen molar-refractivity contribution < 1.29 is 0 Å². The first-order valence-corrected chi connectivity index (χ1v) is 10.4. The fourth-order valence-electron chi connectivity index (χ4n) is 3.66. The molecule has 3 aromatic heterocycles. The molecule has 0 bridgehead atoms. The number of pyridine rings is 3. The summed E-state index contributed by atoms with van der Waals surface area (Å²) in [4.78, 5) is 21.3. The molecule has 0 aliphatic heterocycles. The van der Waals surface area contributed by atoms with Gasteiger partial charge in [0.25, 0.3) is 5.56 Å². The Morgan fingerprint density at radius 3 is 2.52 bits per heavy atom. The molecule has 0 spiro atoms. The van der Waals surface area contributed by atoms with E-state index in [4.69, 9.17) is 0 Å². The normalized spacial score (nSPS) is 13.8. The van der Waals surface area contributed by atoms with Gasteiger partial charge in [-0.05, 0) is 55.0 Å². The molecule has 1 saturated carbocycles. The summed E-state index contributed by atoms with van der Waals surface area (Å²) in [7, 11) is 1.76. The van der Waals surface area contributed by atoms with Crippen LogP contribution in [0, 0.1) is 12.8 Å². The minimum Gasteiger partial charge on any atom is -0.372 e. The summed E-state index contributed by atoms with van der Waals surface area (Å²) in [6.07, 6.45) is 9.50. The quantitative estimate of drug-likeness (QED) is 0.645. The van der Waals surface area contributed by atoms with Gasteiger partial charge in [0, 0.05) is 26.0 Å². The second-order valence-electron chi connectivity index (χ2n) is 7.71. The average Bonchev–Trinajstić information content (AvgIpc) is 3.19. The van der Waals surface area contributed by atoms with Gasteiger partial charge in [0.2, 0.25) is 0 Å². The van der Waals surface area contributed by atoms with Crippen LogP contribution in [-0.2, 0) is 6.54 Å². The smallest absolute Gasteiger partial charge is 0.262 e. The molecular formula is C23H31N5O. The number of hydrogen-bond donors (Lipinski definition) is 2. The van der Waals surface area contributed by atoms with Crippen LogP contribution in [-0.4, -0.2) is 21.6 Å². The van der Waals surface area contributed by atoms with Gasteiger partial charge >= 0.3 is 0 Å². The van der Waals surface area contributed by atoms with E-state index < -0.39 is 0 Å². The molecule has 0 atom stereocenters. The Bertz CT molecular complexity index is 1020. The summed E-state index contributed by atoms with van der Waals surface area (Å²) >= 11 is 0. The van der Waals surface area contributed by atoms with Crippen molar-refractivity contribution >= 4 is 28.2 Å². The van der Waals surface area contributed by atoms with Crippen LogP contribution in [0.25, 0.3) is 10.8 Å². The molecule has 154 valence electrons. The van der Waals surface area contributed by atoms with Crippen LogP contribution in [0.15, 0.2) is 41.5 Å². The molecule has 2 N–H and O–H groups in total. The topological polar surface area (TPSA) is 71.8 Å². The maximum atomic E-state index is 12.5. The van der Waals surface area contributed by atoms with E-state index in [0.717, 1.165) is 22.7 Å². The van der Waals surface area contributed by atoms with Gasteiger partial charge in [0.05, 0.1) is 5.39 Å². The molecule has 4 rings (SSSR count). The lowest BCUT2D eigenvalue weighted by molar-refractivity contribution is 0.612. The highest BCUT2D eigenvalue weighted by Gasteiger charge is 2.11. The zero-order valence-corrected chi connectivity index (χ0v) is 17.8. The summed E-state index contributed by atoms with van der Waals surface area (Å²) in [5.41, 5.74) is 1.07. The highest BCUT2D eigenvalue weighted by Crippen LogP contribution is 2.24. The Hall–Kier alpha value is -2.89. The van der Waals surface area contributed by atoms with Crippen LogP contribution in [0.5, 0.6) is 0 Å². The standard InChI is InChI=1S/C17H19N5O.C6H12/c1-4-22-8-6-12-10-14(20-13-9-11(2)5-7-19-13)21-16(18-3)15(12)17(22)23;1-6-4-2-3-5-6/h5-10H,4H2,1-3H3,(H2,18,19,20,21);6H,2-5H2,1H3. The largest absolute Gasteiger partial charge is 0.372 e. The third kappa shape index (κ3) is 5.13. The Morgan fingerprint density at radius 1 is 1.17 bits per heavy atom. The molecule has 0 saturated heterocycles. The SMILES string of the molecule is CC1CCCC1.CCn1ccc2cc(Nc3cc(C)ccn3)nc(NC)c2c1=O. The Morgan fingerprint density at radius 2 is 1.93 bits per heavy atom. The molecule has 6 nitrogen and oxygen atoms in total. The molecule has 0 aromatic carbocycles. The van der Waals surface area contributed by atoms with Gasteiger partial charge < -0.3 is 15.2 Å². The average molecular weight is 394 g/mol. The first-order chi connectivity index (χ1) is 14.0. The molecule has 0 unspecified atom stereocenters. The van der Waals surface area contributed by atoms with Crippen LogP contribution >= 0.6 is 0 Å². The molecule has 1 aliphatic rings. The Kier molecular flexibility index (Phi) is 6.86. The third-order valence-corrected chi connectivity index (χ3v) is 5.35. The number of aryl methyl sites for hydroxylation is 2. The van der Waals surface area contributed by atoms with Crippen molar-refractivity contribution in [1.82, 2.24) is 14.5 Å². The summed E-state index contributed by atoms with van der Waals surface area (Å²) in [5, 5.41) is 7.64. The second-order valence-corrected chi connectivity index (χ2v) is 7.71. The molecule has 29 heavy (non-hydrogen) atoms. The van der Waals surface area contributed by atoms with E-state index in [1.54, 1.807) is 24.0 Å². The number of hydrogen-bond acceptors (Lipinski definition) is 5. The lowest BCUT2D eigenvalue weighted by Crippen LogP contribution is -2.19. The number of nitrogens with one attached hydrogen (secondary N) is 2. The van der Waals surface area contributed by atoms with Gasteiger partial charge in [0.1, 0.15) is 17.5 Å². The zero-order valence-electron chi connectivity index (χ0n) is 17.8. The van der Waals surface area contributed by atoms with E-state index in [0.29, 0.717) is 23.6 Å². The maximum absolute atomic E-state index is 12.5. The molecule has 6 heteroatoms. The number of rotatable bonds is 4. The van der Waals surface area contributed by atoms with Gasteiger partial charge in [-0.3, -0.25) is 4.79 Å². The van der Waals surface area contributed by atoms with Crippen LogP contribution in [0.2, 0.25) is 0 Å². The Balaban J connectivity index is 0.000000343. The first-order valence-electron chi connectivity index (χ1n) is 10.4. The summed E-state index contributed by atoms with van der Waals surface area (Å²) in [6, 6.07) is 7.67. The van der Waals surface area contributed by atoms with Gasteiger partial charge in [-0.2, -0.15) is 0 Å². The lowest BCUT2D eigenvalue weighted by atomic mass is 10.2. The van der Waals surface area contributed by atoms with Crippen molar-refractivity contribution in [2.24, 2.45) is 5.92 Å². The molecule has 3 heterocycles. The number of aromatic nitrogens is 3. The van der Waals surface area contributed by atoms with Crippen molar-refractivity contribution in [2.75, 3.05) is 17.7 Å². The fourth-order valence-corrected chi connectivity index (χ4v) is 3.66. The lowest BCUT2D eigenvalue weighted by Gasteiger charge is -2.11. The molecule has 3 aromatic rings. The van der Waals surface area contributed by atoms with Crippen LogP contribution in [0.3, 0.4) is 0 Å².